The molecule has 0 radical (unpaired) electrons. The van der Waals surface area contributed by atoms with Gasteiger partial charge in [0.15, 0.2) is 5.13 Å². The van der Waals surface area contributed by atoms with Crippen molar-refractivity contribution >= 4 is 56.7 Å². The third-order valence-electron chi connectivity index (χ3n) is 2.28. The van der Waals surface area contributed by atoms with Crippen LogP contribution >= 0.6 is 29.6 Å². The molecule has 0 aliphatic rings. The van der Waals surface area contributed by atoms with E-state index in [4.69, 9.17) is 32.5 Å². The summed E-state index contributed by atoms with van der Waals surface area (Å²) in [5.41, 5.74) is 0.877. The first-order chi connectivity index (χ1) is 9.77. The molecule has 1 heterocycles. The van der Waals surface area contributed by atoms with E-state index in [1.165, 1.54) is 11.3 Å². The second-order valence-electron chi connectivity index (χ2n) is 5.05. The van der Waals surface area contributed by atoms with E-state index in [-0.39, 0.29) is 12.2 Å². The number of benzene rings is 1. The summed E-state index contributed by atoms with van der Waals surface area (Å²) in [6.45, 7) is 5.12. The predicted octanol–water partition coefficient (Wildman–Crippen LogP) is 5.44. The molecule has 0 aliphatic heterocycles. The number of hydrogen-bond acceptors (Lipinski definition) is 5. The molecule has 2 aromatic rings. The van der Waals surface area contributed by atoms with Crippen molar-refractivity contribution in [1.82, 2.24) is 4.98 Å². The molecule has 0 fully saturated rings. The van der Waals surface area contributed by atoms with E-state index in [2.05, 4.69) is 10.1 Å². The Kier molecular flexibility index (Phi) is 5.63. The molecule has 1 N–H and O–H groups in total. The number of aromatic nitrogens is 1. The Balaban J connectivity index is 2.27. The lowest BCUT2D eigenvalue weighted by molar-refractivity contribution is 0.178. The highest BCUT2D eigenvalue weighted by molar-refractivity contribution is 8.10. The van der Waals surface area contributed by atoms with Gasteiger partial charge in [-0.2, -0.15) is 0 Å². The van der Waals surface area contributed by atoms with Gasteiger partial charge < -0.3 is 9.05 Å². The monoisotopic (exact) mass is 364 g/mol. The second-order valence-corrected chi connectivity index (χ2v) is 9.60. The molecule has 4 nitrogen and oxygen atoms in total. The minimum absolute atomic E-state index is 0.0223. The van der Waals surface area contributed by atoms with E-state index in [1.54, 1.807) is 0 Å². The molecule has 21 heavy (non-hydrogen) atoms. The fourth-order valence-electron chi connectivity index (χ4n) is 1.70. The highest BCUT2D eigenvalue weighted by Gasteiger charge is 2.24. The molecule has 0 saturated carbocycles. The lowest BCUT2D eigenvalue weighted by atomic mass is 10.3. The molecule has 0 atom stereocenters. The van der Waals surface area contributed by atoms with Crippen LogP contribution in [0.15, 0.2) is 18.2 Å². The number of halogens is 1. The summed E-state index contributed by atoms with van der Waals surface area (Å²) in [4.78, 5) is 4.50. The Hall–Kier alpha value is -0.230. The van der Waals surface area contributed by atoms with E-state index in [0.29, 0.717) is 10.2 Å². The van der Waals surface area contributed by atoms with Gasteiger partial charge in [-0.1, -0.05) is 22.9 Å². The van der Waals surface area contributed by atoms with Crippen LogP contribution in [0.3, 0.4) is 0 Å². The van der Waals surface area contributed by atoms with Crippen molar-refractivity contribution in [3.05, 3.63) is 23.2 Å². The number of hydrogen-bond donors (Lipinski definition) is 1. The molecular weight excluding hydrogens is 347 g/mol. The zero-order valence-electron chi connectivity index (χ0n) is 12.3. The summed E-state index contributed by atoms with van der Waals surface area (Å²) < 4.78 is 12.6. The quantitative estimate of drug-likeness (QED) is 0.692. The minimum atomic E-state index is -2.62. The zero-order chi connectivity index (χ0) is 15.6. The fourth-order valence-corrected chi connectivity index (χ4v) is 6.25. The minimum Gasteiger partial charge on any atom is -0.311 e. The van der Waals surface area contributed by atoms with Gasteiger partial charge in [0.25, 0.3) is 6.64 Å². The predicted molar refractivity (Wildman–Crippen MR) is 95.0 cm³/mol. The smallest absolute Gasteiger partial charge is 0.289 e. The standard InChI is InChI=1S/C13H18ClN2O2PS2/c1-8(2)17-19(20,18-9(3)4)16-13-15-11-6-5-10(14)7-12(11)21-13/h5-9H,1-4H3,(H,15,16,20). The van der Waals surface area contributed by atoms with Crippen LogP contribution in [-0.2, 0) is 20.9 Å². The van der Waals surface area contributed by atoms with Gasteiger partial charge in [-0.25, -0.2) is 4.98 Å². The van der Waals surface area contributed by atoms with Gasteiger partial charge in [0.2, 0.25) is 0 Å². The maximum Gasteiger partial charge on any atom is 0.289 e. The summed E-state index contributed by atoms with van der Waals surface area (Å²) in [6, 6.07) is 5.59. The maximum atomic E-state index is 5.99. The number of nitrogens with one attached hydrogen (secondary N) is 1. The van der Waals surface area contributed by atoms with Gasteiger partial charge in [-0.15, -0.1) is 0 Å². The second kappa shape index (κ2) is 6.90. The van der Waals surface area contributed by atoms with Crippen molar-refractivity contribution in [3.63, 3.8) is 0 Å². The molecule has 116 valence electrons. The molecule has 0 saturated heterocycles. The van der Waals surface area contributed by atoms with Gasteiger partial charge in [-0.05, 0) is 57.7 Å². The largest absolute Gasteiger partial charge is 0.311 e. The first-order valence-electron chi connectivity index (χ1n) is 6.58. The lowest BCUT2D eigenvalue weighted by Gasteiger charge is -2.26. The van der Waals surface area contributed by atoms with Gasteiger partial charge >= 0.3 is 0 Å². The molecule has 1 aromatic carbocycles. The van der Waals surface area contributed by atoms with Gasteiger partial charge in [0.1, 0.15) is 0 Å². The Labute approximate surface area is 139 Å². The number of rotatable bonds is 6. The summed E-state index contributed by atoms with van der Waals surface area (Å²) >= 11 is 13.0. The van der Waals surface area contributed by atoms with Crippen molar-refractivity contribution in [1.29, 1.82) is 0 Å². The van der Waals surface area contributed by atoms with Gasteiger partial charge in [-0.3, -0.25) is 5.09 Å². The van der Waals surface area contributed by atoms with Crippen LogP contribution in [-0.4, -0.2) is 17.2 Å². The number of nitrogens with zero attached hydrogens (tertiary/aromatic N) is 1. The normalized spacial score (nSPS) is 12.5. The van der Waals surface area contributed by atoms with E-state index in [0.717, 1.165) is 10.2 Å². The third kappa shape index (κ3) is 4.88. The molecule has 0 aliphatic carbocycles. The van der Waals surface area contributed by atoms with E-state index in [9.17, 15) is 0 Å². The van der Waals surface area contributed by atoms with Crippen LogP contribution in [0.5, 0.6) is 0 Å². The van der Waals surface area contributed by atoms with Crippen molar-refractivity contribution < 1.29 is 9.05 Å². The average Bonchev–Trinajstić information content (AvgIpc) is 2.66. The summed E-state index contributed by atoms with van der Waals surface area (Å²) in [5.74, 6) is 0. The SMILES string of the molecule is CC(C)OP(=S)(Nc1nc2ccc(Cl)cc2s1)OC(C)C. The van der Waals surface area contributed by atoms with Crippen molar-refractivity contribution in [2.75, 3.05) is 5.09 Å². The number of fused-ring (bicyclic) bond motifs is 1. The van der Waals surface area contributed by atoms with Crippen molar-refractivity contribution in [2.24, 2.45) is 0 Å². The average molecular weight is 365 g/mol. The number of anilines is 1. The highest BCUT2D eigenvalue weighted by atomic mass is 35.5. The summed E-state index contributed by atoms with van der Waals surface area (Å²) in [6.07, 6.45) is -0.0446. The topological polar surface area (TPSA) is 43.4 Å². The molecule has 1 aromatic heterocycles. The van der Waals surface area contributed by atoms with Crippen LogP contribution in [0.1, 0.15) is 27.7 Å². The summed E-state index contributed by atoms with van der Waals surface area (Å²) in [7, 11) is 0. The Morgan fingerprint density at radius 1 is 1.24 bits per heavy atom. The maximum absolute atomic E-state index is 5.99. The van der Waals surface area contributed by atoms with Crippen LogP contribution in [0.2, 0.25) is 5.02 Å². The molecule has 0 amide bonds. The van der Waals surface area contributed by atoms with E-state index < -0.39 is 6.64 Å². The molecular formula is C13H18ClN2O2PS2. The molecule has 8 heteroatoms. The Bertz CT molecular complexity index is 661. The Morgan fingerprint density at radius 3 is 2.43 bits per heavy atom. The first kappa shape index (κ1) is 17.1. The van der Waals surface area contributed by atoms with E-state index >= 15 is 0 Å². The molecule has 0 bridgehead atoms. The van der Waals surface area contributed by atoms with Crippen molar-refractivity contribution in [2.45, 2.75) is 39.9 Å². The highest BCUT2D eigenvalue weighted by Crippen LogP contribution is 2.51. The third-order valence-corrected chi connectivity index (χ3v) is 6.28. The van der Waals surface area contributed by atoms with Crippen LogP contribution in [0.25, 0.3) is 10.2 Å². The van der Waals surface area contributed by atoms with Gasteiger partial charge in [0.05, 0.1) is 22.4 Å². The molecule has 0 spiro atoms. The van der Waals surface area contributed by atoms with Crippen LogP contribution in [0, 0.1) is 0 Å². The van der Waals surface area contributed by atoms with Gasteiger partial charge in [0, 0.05) is 5.02 Å². The number of thiazole rings is 1. The van der Waals surface area contributed by atoms with Crippen LogP contribution < -0.4 is 5.09 Å². The molecule has 2 rings (SSSR count). The van der Waals surface area contributed by atoms with Crippen LogP contribution in [0.4, 0.5) is 5.13 Å². The summed E-state index contributed by atoms with van der Waals surface area (Å²) in [5, 5.41) is 4.55. The fraction of sp³-hybridized carbons (Fsp3) is 0.462. The van der Waals surface area contributed by atoms with Crippen molar-refractivity contribution in [3.8, 4) is 0 Å². The molecule has 0 unspecified atom stereocenters. The van der Waals surface area contributed by atoms with E-state index in [1.807, 2.05) is 45.9 Å². The zero-order valence-corrected chi connectivity index (χ0v) is 15.6. The lowest BCUT2D eigenvalue weighted by Crippen LogP contribution is -2.12. The Morgan fingerprint density at radius 2 is 1.86 bits per heavy atom. The first-order valence-corrected chi connectivity index (χ1v) is 10.4.